The molecule has 1 aromatic carbocycles. The largest absolute Gasteiger partial charge is 0.465 e. The Morgan fingerprint density at radius 1 is 1.35 bits per heavy atom. The van der Waals surface area contributed by atoms with E-state index in [2.05, 4.69) is 23.9 Å². The van der Waals surface area contributed by atoms with Crippen LogP contribution in [0.5, 0.6) is 0 Å². The smallest absolute Gasteiger partial charge is 0.340 e. The van der Waals surface area contributed by atoms with E-state index in [4.69, 9.17) is 10.5 Å². The van der Waals surface area contributed by atoms with E-state index in [0.717, 1.165) is 31.6 Å². The Kier molecular flexibility index (Phi) is 4.49. The molecule has 2 N–H and O–H groups in total. The lowest BCUT2D eigenvalue weighted by Gasteiger charge is -2.37. The van der Waals surface area contributed by atoms with Crippen molar-refractivity contribution in [2.75, 3.05) is 44.9 Å². The van der Waals surface area contributed by atoms with Gasteiger partial charge < -0.3 is 20.3 Å². The van der Waals surface area contributed by atoms with E-state index in [0.29, 0.717) is 17.3 Å². The van der Waals surface area contributed by atoms with Crippen molar-refractivity contribution >= 4 is 17.3 Å². The molecule has 1 saturated heterocycles. The van der Waals surface area contributed by atoms with Crippen LogP contribution in [-0.4, -0.2) is 51.2 Å². The molecule has 1 aliphatic rings. The second-order valence-electron chi connectivity index (χ2n) is 5.41. The molecule has 2 rings (SSSR count). The minimum Gasteiger partial charge on any atom is -0.465 e. The van der Waals surface area contributed by atoms with Crippen LogP contribution in [0.3, 0.4) is 0 Å². The number of rotatable bonds is 3. The molecule has 1 heterocycles. The Balaban J connectivity index is 2.16. The van der Waals surface area contributed by atoms with Gasteiger partial charge in [0.1, 0.15) is 0 Å². The zero-order valence-electron chi connectivity index (χ0n) is 12.4. The molecule has 1 aliphatic heterocycles. The Morgan fingerprint density at radius 2 is 2.00 bits per heavy atom. The van der Waals surface area contributed by atoms with E-state index in [1.54, 1.807) is 6.07 Å². The highest BCUT2D eigenvalue weighted by Crippen LogP contribution is 2.30. The van der Waals surface area contributed by atoms with Crippen molar-refractivity contribution in [3.8, 4) is 0 Å². The second-order valence-corrected chi connectivity index (χ2v) is 5.41. The Bertz CT molecular complexity index is 480. The highest BCUT2D eigenvalue weighted by atomic mass is 16.5. The van der Waals surface area contributed by atoms with Gasteiger partial charge in [0.15, 0.2) is 0 Å². The molecule has 0 atom stereocenters. The maximum Gasteiger partial charge on any atom is 0.340 e. The maximum atomic E-state index is 11.7. The predicted molar refractivity (Wildman–Crippen MR) is 81.1 cm³/mol. The number of methoxy groups -OCH3 is 1. The van der Waals surface area contributed by atoms with Gasteiger partial charge >= 0.3 is 5.97 Å². The Labute approximate surface area is 120 Å². The van der Waals surface area contributed by atoms with Crippen LogP contribution < -0.4 is 10.6 Å². The molecule has 0 saturated carbocycles. The predicted octanol–water partition coefficient (Wildman–Crippen LogP) is 1.59. The third-order valence-corrected chi connectivity index (χ3v) is 4.02. The molecule has 0 radical (unpaired) electrons. The molecule has 0 amide bonds. The maximum absolute atomic E-state index is 11.7. The van der Waals surface area contributed by atoms with E-state index in [9.17, 15) is 4.79 Å². The first-order chi connectivity index (χ1) is 9.54. The third-order valence-electron chi connectivity index (χ3n) is 4.02. The second kappa shape index (κ2) is 6.13. The SMILES string of the molecule is COC(=O)c1cccc(N2CCC(N(C)C)CC2)c1N. The summed E-state index contributed by atoms with van der Waals surface area (Å²) in [5.41, 5.74) is 8.03. The fourth-order valence-electron chi connectivity index (χ4n) is 2.74. The Hall–Kier alpha value is -1.75. The van der Waals surface area contributed by atoms with Gasteiger partial charge in [0.2, 0.25) is 0 Å². The molecule has 0 aromatic heterocycles. The number of carbonyl (C=O) groups excluding carboxylic acids is 1. The van der Waals surface area contributed by atoms with E-state index < -0.39 is 0 Å². The minimum absolute atomic E-state index is 0.382. The molecule has 5 nitrogen and oxygen atoms in total. The number of nitrogens with zero attached hydrogens (tertiary/aromatic N) is 2. The summed E-state index contributed by atoms with van der Waals surface area (Å²) in [5, 5.41) is 0. The van der Waals surface area contributed by atoms with E-state index in [1.165, 1.54) is 7.11 Å². The van der Waals surface area contributed by atoms with Crippen molar-refractivity contribution < 1.29 is 9.53 Å². The fourth-order valence-corrected chi connectivity index (χ4v) is 2.74. The molecular weight excluding hydrogens is 254 g/mol. The summed E-state index contributed by atoms with van der Waals surface area (Å²) in [6.45, 7) is 1.91. The van der Waals surface area contributed by atoms with Crippen molar-refractivity contribution in [2.45, 2.75) is 18.9 Å². The first-order valence-corrected chi connectivity index (χ1v) is 6.92. The molecule has 110 valence electrons. The molecule has 1 aromatic rings. The van der Waals surface area contributed by atoms with Crippen LogP contribution >= 0.6 is 0 Å². The number of hydrogen-bond donors (Lipinski definition) is 1. The number of hydrogen-bond acceptors (Lipinski definition) is 5. The summed E-state index contributed by atoms with van der Waals surface area (Å²) in [7, 11) is 5.61. The fraction of sp³-hybridized carbons (Fsp3) is 0.533. The van der Waals surface area contributed by atoms with Crippen LogP contribution in [0.15, 0.2) is 18.2 Å². The van der Waals surface area contributed by atoms with Gasteiger partial charge in [-0.15, -0.1) is 0 Å². The van der Waals surface area contributed by atoms with Gasteiger partial charge in [-0.2, -0.15) is 0 Å². The number of piperidine rings is 1. The van der Waals surface area contributed by atoms with Crippen molar-refractivity contribution in [3.05, 3.63) is 23.8 Å². The van der Waals surface area contributed by atoms with Gasteiger partial charge in [-0.3, -0.25) is 0 Å². The number of benzene rings is 1. The number of nitrogens with two attached hydrogens (primary N) is 1. The van der Waals surface area contributed by atoms with Crippen molar-refractivity contribution in [1.29, 1.82) is 0 Å². The van der Waals surface area contributed by atoms with Crippen LogP contribution in [0.2, 0.25) is 0 Å². The molecule has 0 bridgehead atoms. The molecule has 0 unspecified atom stereocenters. The average molecular weight is 277 g/mol. The standard InChI is InChI=1S/C15H23N3O2/c1-17(2)11-7-9-18(10-8-11)13-6-4-5-12(14(13)16)15(19)20-3/h4-6,11H,7-10,16H2,1-3H3. The van der Waals surface area contributed by atoms with E-state index in [1.807, 2.05) is 12.1 Å². The molecule has 0 aliphatic carbocycles. The van der Waals surface area contributed by atoms with Crippen molar-refractivity contribution in [1.82, 2.24) is 4.90 Å². The van der Waals surface area contributed by atoms with Gasteiger partial charge in [-0.1, -0.05) is 6.07 Å². The van der Waals surface area contributed by atoms with Crippen LogP contribution in [0, 0.1) is 0 Å². The number of esters is 1. The molecule has 20 heavy (non-hydrogen) atoms. The zero-order chi connectivity index (χ0) is 14.7. The van der Waals surface area contributed by atoms with Crippen LogP contribution in [0.25, 0.3) is 0 Å². The van der Waals surface area contributed by atoms with Crippen LogP contribution in [0.4, 0.5) is 11.4 Å². The van der Waals surface area contributed by atoms with Gasteiger partial charge in [-0.05, 0) is 39.1 Å². The number of carbonyl (C=O) groups is 1. The third kappa shape index (κ3) is 2.88. The van der Waals surface area contributed by atoms with Crippen LogP contribution in [-0.2, 0) is 4.74 Å². The first-order valence-electron chi connectivity index (χ1n) is 6.92. The normalized spacial score (nSPS) is 16.5. The first kappa shape index (κ1) is 14.7. The number of ether oxygens (including phenoxy) is 1. The van der Waals surface area contributed by atoms with Crippen molar-refractivity contribution in [3.63, 3.8) is 0 Å². The molecule has 5 heteroatoms. The molecule has 1 fully saturated rings. The number of anilines is 2. The number of nitrogen functional groups attached to an aromatic ring is 1. The van der Waals surface area contributed by atoms with Gasteiger partial charge in [0.25, 0.3) is 0 Å². The Morgan fingerprint density at radius 3 is 2.55 bits per heavy atom. The lowest BCUT2D eigenvalue weighted by atomic mass is 10.0. The summed E-state index contributed by atoms with van der Waals surface area (Å²) in [4.78, 5) is 16.2. The minimum atomic E-state index is -0.382. The van der Waals surface area contributed by atoms with Gasteiger partial charge in [-0.25, -0.2) is 4.79 Å². The van der Waals surface area contributed by atoms with Crippen molar-refractivity contribution in [2.24, 2.45) is 0 Å². The number of para-hydroxylation sites is 1. The van der Waals surface area contributed by atoms with E-state index >= 15 is 0 Å². The van der Waals surface area contributed by atoms with Gasteiger partial charge in [0, 0.05) is 19.1 Å². The average Bonchev–Trinajstić information content (AvgIpc) is 2.47. The summed E-state index contributed by atoms with van der Waals surface area (Å²) in [5.74, 6) is -0.382. The summed E-state index contributed by atoms with van der Waals surface area (Å²) < 4.78 is 4.76. The topological polar surface area (TPSA) is 58.8 Å². The summed E-state index contributed by atoms with van der Waals surface area (Å²) in [6, 6.07) is 6.15. The van der Waals surface area contributed by atoms with Crippen LogP contribution in [0.1, 0.15) is 23.2 Å². The highest BCUT2D eigenvalue weighted by Gasteiger charge is 2.23. The van der Waals surface area contributed by atoms with Gasteiger partial charge in [0.05, 0.1) is 24.0 Å². The van der Waals surface area contributed by atoms with E-state index in [-0.39, 0.29) is 5.97 Å². The monoisotopic (exact) mass is 277 g/mol. The highest BCUT2D eigenvalue weighted by molar-refractivity contribution is 5.98. The zero-order valence-corrected chi connectivity index (χ0v) is 12.4. The quantitative estimate of drug-likeness (QED) is 0.671. The lowest BCUT2D eigenvalue weighted by molar-refractivity contribution is 0.0602. The lowest BCUT2D eigenvalue weighted by Crippen LogP contribution is -2.42. The summed E-state index contributed by atoms with van der Waals surface area (Å²) in [6.07, 6.45) is 2.21. The molecule has 0 spiro atoms. The summed E-state index contributed by atoms with van der Waals surface area (Å²) >= 11 is 0. The molecular formula is C15H23N3O2.